The van der Waals surface area contributed by atoms with Gasteiger partial charge in [-0.3, -0.25) is 9.59 Å². The second kappa shape index (κ2) is 59.5. The Hall–Kier alpha value is -4.57. The summed E-state index contributed by atoms with van der Waals surface area (Å²) in [6.45, 7) is 4.48. The van der Waals surface area contributed by atoms with Crippen LogP contribution in [0, 0.1) is 0 Å². The Bertz CT molecular complexity index is 1750. The summed E-state index contributed by atoms with van der Waals surface area (Å²) in [6.07, 6.45) is 82.3. The monoisotopic (exact) mass is 1100 g/mol. The molecule has 2 unspecified atom stereocenters. The van der Waals surface area contributed by atoms with Crippen LogP contribution in [0.2, 0.25) is 0 Å². The van der Waals surface area contributed by atoms with Crippen LogP contribution < -0.4 is 5.11 Å². The zero-order valence-electron chi connectivity index (χ0n) is 50.9. The van der Waals surface area contributed by atoms with Gasteiger partial charge in [-0.25, -0.2) is 0 Å². The van der Waals surface area contributed by atoms with Crippen molar-refractivity contribution in [3.63, 3.8) is 0 Å². The molecule has 2 atom stereocenters. The SMILES string of the molecule is CC/C=C\C/C=C\C/C=C\C/C=C\C/C=C\C/C=C\C/C=C\CCCCCCCCCCCCCCCCCC(=O)OC(COC(=O)CCCCCC/C=C\C/C=C\C/C=C\C/C=C\CC)COC(OCC[N+](C)(C)C)C(=O)[O-]. The molecule has 9 heteroatoms. The summed E-state index contributed by atoms with van der Waals surface area (Å²) < 4.78 is 22.7. The number of carboxylic acid groups (broad SMARTS) is 1. The van der Waals surface area contributed by atoms with Crippen molar-refractivity contribution < 1.29 is 42.9 Å². The zero-order chi connectivity index (χ0) is 57.6. The maximum Gasteiger partial charge on any atom is 0.306 e. The molecule has 79 heavy (non-hydrogen) atoms. The number of carbonyl (C=O) groups excluding carboxylic acids is 3. The molecule has 0 aliphatic carbocycles. The van der Waals surface area contributed by atoms with Crippen LogP contribution in [-0.4, -0.2) is 82.3 Å². The molecule has 0 radical (unpaired) electrons. The van der Waals surface area contributed by atoms with Crippen LogP contribution in [0.1, 0.15) is 232 Å². The number of nitrogens with zero attached hydrogens (tertiary/aromatic N) is 1. The highest BCUT2D eigenvalue weighted by atomic mass is 16.7. The Morgan fingerprint density at radius 2 is 0.684 bits per heavy atom. The predicted octanol–water partition coefficient (Wildman–Crippen LogP) is 17.7. The van der Waals surface area contributed by atoms with Gasteiger partial charge in [-0.2, -0.15) is 0 Å². The number of hydrogen-bond acceptors (Lipinski definition) is 8. The lowest BCUT2D eigenvalue weighted by Gasteiger charge is -2.26. The highest BCUT2D eigenvalue weighted by molar-refractivity contribution is 5.70. The third kappa shape index (κ3) is 60.9. The molecule has 0 N–H and O–H groups in total. The third-order valence-corrected chi connectivity index (χ3v) is 12.9. The van der Waals surface area contributed by atoms with Crippen molar-refractivity contribution in [1.82, 2.24) is 0 Å². The van der Waals surface area contributed by atoms with Gasteiger partial charge in [-0.15, -0.1) is 0 Å². The Morgan fingerprint density at radius 3 is 1.01 bits per heavy atom. The average molecular weight is 1100 g/mol. The minimum absolute atomic E-state index is 0.138. The highest BCUT2D eigenvalue weighted by Gasteiger charge is 2.22. The van der Waals surface area contributed by atoms with E-state index in [1.807, 2.05) is 21.1 Å². The smallest absolute Gasteiger partial charge is 0.306 e. The van der Waals surface area contributed by atoms with Gasteiger partial charge in [-0.05, 0) is 109 Å². The summed E-state index contributed by atoms with van der Waals surface area (Å²) in [5, 5.41) is 11.8. The molecule has 0 rings (SSSR count). The molecule has 0 aromatic rings. The normalized spacial score (nSPS) is 13.7. The first-order chi connectivity index (χ1) is 38.6. The fourth-order valence-electron chi connectivity index (χ4n) is 8.15. The number of hydrogen-bond donors (Lipinski definition) is 0. The Morgan fingerprint density at radius 1 is 0.380 bits per heavy atom. The van der Waals surface area contributed by atoms with E-state index in [1.165, 1.54) is 77.0 Å². The Balaban J connectivity index is 4.14. The van der Waals surface area contributed by atoms with Crippen LogP contribution in [0.3, 0.4) is 0 Å². The van der Waals surface area contributed by atoms with Gasteiger partial charge < -0.3 is 33.3 Å². The number of quaternary nitrogens is 1. The molecule has 0 aromatic carbocycles. The lowest BCUT2D eigenvalue weighted by Crippen LogP contribution is -2.44. The van der Waals surface area contributed by atoms with E-state index < -0.39 is 24.3 Å². The van der Waals surface area contributed by atoms with Crippen molar-refractivity contribution >= 4 is 17.9 Å². The summed E-state index contributed by atoms with van der Waals surface area (Å²) in [6, 6.07) is 0. The lowest BCUT2D eigenvalue weighted by atomic mass is 10.0. The third-order valence-electron chi connectivity index (χ3n) is 12.9. The molecule has 0 aliphatic heterocycles. The topological polar surface area (TPSA) is 111 Å². The minimum Gasteiger partial charge on any atom is -0.545 e. The summed E-state index contributed by atoms with van der Waals surface area (Å²) in [5.41, 5.74) is 0. The van der Waals surface area contributed by atoms with Crippen molar-refractivity contribution in [2.45, 2.75) is 245 Å². The first-order valence-corrected chi connectivity index (χ1v) is 31.3. The average Bonchev–Trinajstić information content (AvgIpc) is 3.42. The molecule has 0 fully saturated rings. The number of rotatable bonds is 56. The van der Waals surface area contributed by atoms with Gasteiger partial charge in [0.25, 0.3) is 0 Å². The first-order valence-electron chi connectivity index (χ1n) is 31.3. The standard InChI is InChI=1S/C70H115NO8/c1-6-8-10-12-14-16-18-20-22-24-25-26-27-28-29-30-31-32-33-34-35-36-37-38-39-40-41-42-43-45-47-49-51-53-55-57-59-61-68(73)79-66(65-78-70(69(74)75)76-63-62-71(3,4)5)64-77-67(72)60-58-56-54-52-50-48-46-44-23-21-19-17-15-13-11-9-7-2/h8-11,14-17,20-23,25-26,28-29,31-32,34-35,46,48,66,70H,6-7,12-13,18-19,24,27,30,33,36-45,47,49-65H2,1-5H3/b10-8-,11-9-,16-14-,17-15-,22-20-,23-21-,26-25-,29-28-,32-31-,35-34-,48-46-. The molecular weight excluding hydrogens is 983 g/mol. The van der Waals surface area contributed by atoms with Crippen molar-refractivity contribution in [3.05, 3.63) is 134 Å². The van der Waals surface area contributed by atoms with Gasteiger partial charge in [0.05, 0.1) is 40.3 Å². The van der Waals surface area contributed by atoms with Crippen LogP contribution in [0.4, 0.5) is 0 Å². The molecule has 9 nitrogen and oxygen atoms in total. The van der Waals surface area contributed by atoms with Crippen LogP contribution >= 0.6 is 0 Å². The molecule has 0 bridgehead atoms. The van der Waals surface area contributed by atoms with E-state index in [-0.39, 0.29) is 38.6 Å². The molecule has 0 aromatic heterocycles. The van der Waals surface area contributed by atoms with E-state index in [1.54, 1.807) is 0 Å². The van der Waals surface area contributed by atoms with Crippen molar-refractivity contribution in [2.75, 3.05) is 47.5 Å². The summed E-state index contributed by atoms with van der Waals surface area (Å²) in [4.78, 5) is 37.3. The number of likely N-dealkylation sites (N-methyl/N-ethyl adjacent to an activating group) is 1. The molecule has 0 saturated carbocycles. The second-order valence-corrected chi connectivity index (χ2v) is 21.6. The highest BCUT2D eigenvalue weighted by Crippen LogP contribution is 2.16. The van der Waals surface area contributed by atoms with Gasteiger partial charge in [-0.1, -0.05) is 244 Å². The van der Waals surface area contributed by atoms with Crippen LogP contribution in [0.5, 0.6) is 0 Å². The number of allylic oxidation sites excluding steroid dienone is 22. The molecule has 0 amide bonds. The van der Waals surface area contributed by atoms with Crippen LogP contribution in [-0.2, 0) is 33.3 Å². The van der Waals surface area contributed by atoms with Gasteiger partial charge in [0.15, 0.2) is 12.4 Å². The van der Waals surface area contributed by atoms with E-state index in [0.29, 0.717) is 23.9 Å². The van der Waals surface area contributed by atoms with Gasteiger partial charge >= 0.3 is 11.9 Å². The van der Waals surface area contributed by atoms with Crippen molar-refractivity contribution in [3.8, 4) is 0 Å². The fraction of sp³-hybridized carbons (Fsp3) is 0.643. The first kappa shape index (κ1) is 74.4. The molecule has 0 saturated heterocycles. The number of ether oxygens (including phenoxy) is 4. The van der Waals surface area contributed by atoms with Gasteiger partial charge in [0.1, 0.15) is 13.2 Å². The largest absolute Gasteiger partial charge is 0.545 e. The van der Waals surface area contributed by atoms with Crippen molar-refractivity contribution in [2.24, 2.45) is 0 Å². The number of carboxylic acids is 1. The van der Waals surface area contributed by atoms with E-state index >= 15 is 0 Å². The zero-order valence-corrected chi connectivity index (χ0v) is 50.9. The van der Waals surface area contributed by atoms with E-state index in [0.717, 1.165) is 116 Å². The van der Waals surface area contributed by atoms with Crippen LogP contribution in [0.15, 0.2) is 134 Å². The number of esters is 2. The Labute approximate surface area is 484 Å². The Kier molecular flexibility index (Phi) is 56.1. The van der Waals surface area contributed by atoms with E-state index in [4.69, 9.17) is 18.9 Å². The maximum atomic E-state index is 12.9. The number of unbranched alkanes of at least 4 members (excludes halogenated alkanes) is 19. The van der Waals surface area contributed by atoms with E-state index in [9.17, 15) is 19.5 Å². The van der Waals surface area contributed by atoms with Gasteiger partial charge in [0.2, 0.25) is 0 Å². The van der Waals surface area contributed by atoms with Crippen molar-refractivity contribution in [1.29, 1.82) is 0 Å². The number of aliphatic carboxylic acids is 1. The second-order valence-electron chi connectivity index (χ2n) is 21.6. The fourth-order valence-corrected chi connectivity index (χ4v) is 8.15. The minimum atomic E-state index is -1.63. The molecule has 448 valence electrons. The molecule has 0 spiro atoms. The molecule has 0 heterocycles. The summed E-state index contributed by atoms with van der Waals surface area (Å²) in [5.74, 6) is -2.32. The maximum absolute atomic E-state index is 12.9. The number of carbonyl (C=O) groups is 3. The predicted molar refractivity (Wildman–Crippen MR) is 333 cm³/mol. The van der Waals surface area contributed by atoms with Crippen LogP contribution in [0.25, 0.3) is 0 Å². The van der Waals surface area contributed by atoms with E-state index in [2.05, 4.69) is 148 Å². The summed E-state index contributed by atoms with van der Waals surface area (Å²) in [7, 11) is 5.91. The van der Waals surface area contributed by atoms with Gasteiger partial charge in [0, 0.05) is 12.8 Å². The molecular formula is C70H115NO8. The summed E-state index contributed by atoms with van der Waals surface area (Å²) >= 11 is 0. The quantitative estimate of drug-likeness (QED) is 0.0195. The lowest BCUT2D eigenvalue weighted by molar-refractivity contribution is -0.870. The molecule has 0 aliphatic rings.